The predicted octanol–water partition coefficient (Wildman–Crippen LogP) is 2.31. The summed E-state index contributed by atoms with van der Waals surface area (Å²) in [5.74, 6) is -0.969. The topological polar surface area (TPSA) is 79.0 Å². The molecule has 0 fully saturated rings. The normalized spacial score (nSPS) is 13.1. The van der Waals surface area contributed by atoms with Crippen LogP contribution >= 0.6 is 0 Å². The molecule has 1 aliphatic rings. The van der Waals surface area contributed by atoms with Crippen LogP contribution < -0.4 is 5.32 Å². The van der Waals surface area contributed by atoms with E-state index in [0.29, 0.717) is 37.2 Å². The summed E-state index contributed by atoms with van der Waals surface area (Å²) in [6.45, 7) is 1.93. The highest BCUT2D eigenvalue weighted by molar-refractivity contribution is 6.22. The van der Waals surface area contributed by atoms with E-state index in [2.05, 4.69) is 10.2 Å². The smallest absolute Gasteiger partial charge is 0.261 e. The molecule has 0 aromatic heterocycles. The van der Waals surface area contributed by atoms with Crippen molar-refractivity contribution in [2.45, 2.75) is 19.5 Å². The second-order valence-corrected chi connectivity index (χ2v) is 7.56. The molecule has 0 aliphatic carbocycles. The zero-order chi connectivity index (χ0) is 21.7. The molecule has 1 heterocycles. The van der Waals surface area contributed by atoms with Gasteiger partial charge in [-0.2, -0.15) is 0 Å². The highest BCUT2D eigenvalue weighted by Gasteiger charge is 2.35. The first-order valence-electron chi connectivity index (χ1n) is 9.91. The summed E-state index contributed by atoms with van der Waals surface area (Å²) in [6.07, 6.45) is 0.571. The minimum atomic E-state index is -0.364. The van der Waals surface area contributed by atoms with E-state index >= 15 is 0 Å². The lowest BCUT2D eigenvalue weighted by Gasteiger charge is -2.14. The van der Waals surface area contributed by atoms with E-state index in [1.807, 2.05) is 38.4 Å². The molecule has 1 N–H and O–H groups in total. The van der Waals surface area contributed by atoms with Crippen LogP contribution in [0.5, 0.6) is 0 Å². The van der Waals surface area contributed by atoms with Crippen LogP contribution in [0.3, 0.4) is 0 Å². The highest BCUT2D eigenvalue weighted by Crippen LogP contribution is 2.24. The number of rotatable bonds is 9. The molecule has 0 unspecified atom stereocenters. The molecule has 0 spiro atoms. The molecular formula is C23H27N3O4. The summed E-state index contributed by atoms with van der Waals surface area (Å²) in [5.41, 5.74) is 3.16. The van der Waals surface area contributed by atoms with Gasteiger partial charge in [0.15, 0.2) is 0 Å². The Labute approximate surface area is 176 Å². The van der Waals surface area contributed by atoms with Crippen LogP contribution in [0.25, 0.3) is 0 Å². The van der Waals surface area contributed by atoms with Crippen molar-refractivity contribution in [3.63, 3.8) is 0 Å². The lowest BCUT2D eigenvalue weighted by molar-refractivity contribution is 0.0638. The number of nitrogens with one attached hydrogen (secondary N) is 1. The zero-order valence-corrected chi connectivity index (χ0v) is 17.6. The predicted molar refractivity (Wildman–Crippen MR) is 113 cm³/mol. The van der Waals surface area contributed by atoms with Gasteiger partial charge < -0.3 is 15.0 Å². The van der Waals surface area contributed by atoms with Gasteiger partial charge in [-0.25, -0.2) is 0 Å². The van der Waals surface area contributed by atoms with Gasteiger partial charge in [0.2, 0.25) is 0 Å². The molecule has 3 amide bonds. The molecule has 7 heteroatoms. The van der Waals surface area contributed by atoms with Crippen molar-refractivity contribution in [2.24, 2.45) is 0 Å². The number of methoxy groups -OCH3 is 1. The molecule has 158 valence electrons. The average molecular weight is 409 g/mol. The lowest BCUT2D eigenvalue weighted by Crippen LogP contribution is -2.31. The fourth-order valence-electron chi connectivity index (χ4n) is 3.50. The summed E-state index contributed by atoms with van der Waals surface area (Å²) in [5, 5.41) is 2.92. The van der Waals surface area contributed by atoms with Gasteiger partial charge in [-0.1, -0.05) is 24.3 Å². The fraction of sp³-hybridized carbons (Fsp3) is 0.348. The van der Waals surface area contributed by atoms with Crippen molar-refractivity contribution in [3.8, 4) is 0 Å². The van der Waals surface area contributed by atoms with E-state index in [0.717, 1.165) is 17.7 Å². The summed E-state index contributed by atoms with van der Waals surface area (Å²) in [7, 11) is 5.57. The van der Waals surface area contributed by atoms with E-state index in [1.165, 1.54) is 11.0 Å². The standard InChI is InChI=1S/C23H27N3O4/c1-25(2)15-18-8-5-4-7-17(18)14-24-21(27)16-9-10-19-20(13-16)23(29)26(22(19)28)11-6-12-30-3/h4-5,7-10,13H,6,11-12,14-15H2,1-3H3,(H,24,27). The Morgan fingerprint density at radius 1 is 1.03 bits per heavy atom. The van der Waals surface area contributed by atoms with Gasteiger partial charge >= 0.3 is 0 Å². The first-order chi connectivity index (χ1) is 14.4. The molecule has 2 aromatic rings. The van der Waals surface area contributed by atoms with Gasteiger partial charge in [0.05, 0.1) is 11.1 Å². The van der Waals surface area contributed by atoms with Gasteiger partial charge in [0.25, 0.3) is 17.7 Å². The Balaban J connectivity index is 1.70. The molecule has 2 aromatic carbocycles. The SMILES string of the molecule is COCCCN1C(=O)c2ccc(C(=O)NCc3ccccc3CN(C)C)cc2C1=O. The summed E-state index contributed by atoms with van der Waals surface area (Å²) in [6, 6.07) is 12.6. The van der Waals surface area contributed by atoms with Crippen LogP contribution in [0.4, 0.5) is 0 Å². The molecule has 3 rings (SSSR count). The number of amides is 3. The fourth-order valence-corrected chi connectivity index (χ4v) is 3.50. The molecule has 0 atom stereocenters. The third-order valence-corrected chi connectivity index (χ3v) is 5.01. The number of benzene rings is 2. The van der Waals surface area contributed by atoms with E-state index in [-0.39, 0.29) is 23.3 Å². The van der Waals surface area contributed by atoms with Crippen molar-refractivity contribution in [1.82, 2.24) is 15.1 Å². The largest absolute Gasteiger partial charge is 0.385 e. The molecule has 1 aliphatic heterocycles. The second-order valence-electron chi connectivity index (χ2n) is 7.56. The van der Waals surface area contributed by atoms with Crippen LogP contribution in [0.2, 0.25) is 0 Å². The Hall–Kier alpha value is -3.03. The van der Waals surface area contributed by atoms with Gasteiger partial charge in [0.1, 0.15) is 0 Å². The maximum atomic E-state index is 12.7. The van der Waals surface area contributed by atoms with Crippen molar-refractivity contribution in [1.29, 1.82) is 0 Å². The molecule has 0 saturated heterocycles. The molecule has 0 saturated carbocycles. The van der Waals surface area contributed by atoms with Gasteiger partial charge in [-0.3, -0.25) is 19.3 Å². The molecular weight excluding hydrogens is 382 g/mol. The minimum Gasteiger partial charge on any atom is -0.385 e. The maximum Gasteiger partial charge on any atom is 0.261 e. The van der Waals surface area contributed by atoms with Crippen molar-refractivity contribution in [3.05, 3.63) is 70.3 Å². The number of carbonyl (C=O) groups excluding carboxylic acids is 3. The number of ether oxygens (including phenoxy) is 1. The zero-order valence-electron chi connectivity index (χ0n) is 17.6. The summed E-state index contributed by atoms with van der Waals surface area (Å²) >= 11 is 0. The first kappa shape index (κ1) is 21.7. The van der Waals surface area contributed by atoms with Crippen molar-refractivity contribution in [2.75, 3.05) is 34.4 Å². The van der Waals surface area contributed by atoms with Gasteiger partial charge in [0, 0.05) is 38.9 Å². The first-order valence-corrected chi connectivity index (χ1v) is 9.91. The van der Waals surface area contributed by atoms with Gasteiger partial charge in [-0.05, 0) is 49.8 Å². The van der Waals surface area contributed by atoms with Gasteiger partial charge in [-0.15, -0.1) is 0 Å². The maximum absolute atomic E-state index is 12.7. The number of hydrogen-bond donors (Lipinski definition) is 1. The van der Waals surface area contributed by atoms with E-state index in [9.17, 15) is 14.4 Å². The van der Waals surface area contributed by atoms with Crippen LogP contribution in [-0.4, -0.2) is 61.9 Å². The molecule has 0 bridgehead atoms. The van der Waals surface area contributed by atoms with Crippen LogP contribution in [0.1, 0.15) is 48.6 Å². The van der Waals surface area contributed by atoms with Crippen LogP contribution in [-0.2, 0) is 17.8 Å². The number of fused-ring (bicyclic) bond motifs is 1. The molecule has 0 radical (unpaired) electrons. The number of imide groups is 1. The Kier molecular flexibility index (Phi) is 6.97. The Bertz CT molecular complexity index is 955. The van der Waals surface area contributed by atoms with E-state index in [4.69, 9.17) is 4.74 Å². The third kappa shape index (κ3) is 4.75. The van der Waals surface area contributed by atoms with Crippen LogP contribution in [0.15, 0.2) is 42.5 Å². The number of carbonyl (C=O) groups is 3. The third-order valence-electron chi connectivity index (χ3n) is 5.01. The average Bonchev–Trinajstić information content (AvgIpc) is 2.97. The van der Waals surface area contributed by atoms with Crippen LogP contribution in [0, 0.1) is 0 Å². The quantitative estimate of drug-likeness (QED) is 0.508. The van der Waals surface area contributed by atoms with E-state index < -0.39 is 0 Å². The second kappa shape index (κ2) is 9.65. The Morgan fingerprint density at radius 2 is 1.73 bits per heavy atom. The lowest BCUT2D eigenvalue weighted by atomic mass is 10.0. The minimum absolute atomic E-state index is 0.276. The number of nitrogens with zero attached hydrogens (tertiary/aromatic N) is 2. The number of hydrogen-bond acceptors (Lipinski definition) is 5. The van der Waals surface area contributed by atoms with Crippen molar-refractivity contribution < 1.29 is 19.1 Å². The highest BCUT2D eigenvalue weighted by atomic mass is 16.5. The molecule has 7 nitrogen and oxygen atoms in total. The Morgan fingerprint density at radius 3 is 2.43 bits per heavy atom. The van der Waals surface area contributed by atoms with E-state index in [1.54, 1.807) is 19.2 Å². The summed E-state index contributed by atoms with van der Waals surface area (Å²) < 4.78 is 4.99. The monoisotopic (exact) mass is 409 g/mol. The van der Waals surface area contributed by atoms with Crippen molar-refractivity contribution >= 4 is 17.7 Å². The molecule has 30 heavy (non-hydrogen) atoms. The summed E-state index contributed by atoms with van der Waals surface area (Å²) in [4.78, 5) is 41.1.